The van der Waals surface area contributed by atoms with Crippen LogP contribution in [0.4, 0.5) is 5.69 Å². The van der Waals surface area contributed by atoms with Crippen LogP contribution in [0.5, 0.6) is 0 Å². The second-order valence-electron chi connectivity index (χ2n) is 4.43. The molecule has 1 aromatic rings. The molecule has 0 atom stereocenters. The van der Waals surface area contributed by atoms with E-state index in [1.807, 2.05) is 19.9 Å². The normalized spacial score (nSPS) is 10.6. The number of carbonyl (C=O) groups is 1. The second kappa shape index (κ2) is 5.71. The molecular weight excluding hydrogens is 214 g/mol. The molecule has 2 N–H and O–H groups in total. The molecule has 0 bridgehead atoms. The van der Waals surface area contributed by atoms with Crippen LogP contribution in [0.25, 0.3) is 0 Å². The number of rotatable bonds is 5. The molecule has 0 radical (unpaired) electrons. The van der Waals surface area contributed by atoms with Crippen LogP contribution in [0.1, 0.15) is 48.2 Å². The van der Waals surface area contributed by atoms with Crippen molar-refractivity contribution in [2.45, 2.75) is 46.6 Å². The van der Waals surface area contributed by atoms with E-state index >= 15 is 0 Å². The molecule has 1 rings (SSSR count). The first-order valence-corrected chi connectivity index (χ1v) is 6.10. The molecule has 0 saturated carbocycles. The van der Waals surface area contributed by atoms with Crippen LogP contribution in [0, 0.1) is 13.8 Å². The number of hydrogen-bond acceptors (Lipinski definition) is 2. The van der Waals surface area contributed by atoms with Crippen LogP contribution in [0.3, 0.4) is 0 Å². The molecular formula is C14H21NO2. The first-order chi connectivity index (χ1) is 7.99. The van der Waals surface area contributed by atoms with Gasteiger partial charge in [0.25, 0.3) is 0 Å². The number of carboxylic acid groups (broad SMARTS) is 1. The average Bonchev–Trinajstić information content (AvgIpc) is 2.29. The Bertz CT molecular complexity index is 409. The highest BCUT2D eigenvalue weighted by molar-refractivity contribution is 5.91. The van der Waals surface area contributed by atoms with E-state index in [0.29, 0.717) is 11.6 Å². The summed E-state index contributed by atoms with van der Waals surface area (Å²) in [6, 6.07) is 4.14. The highest BCUT2D eigenvalue weighted by atomic mass is 16.4. The Morgan fingerprint density at radius 1 is 1.29 bits per heavy atom. The molecule has 0 aliphatic heterocycles. The fraction of sp³-hybridized carbons (Fsp3) is 0.500. The number of carboxylic acids is 1. The maximum atomic E-state index is 11.1. The largest absolute Gasteiger partial charge is 0.478 e. The maximum Gasteiger partial charge on any atom is 0.336 e. The molecule has 0 fully saturated rings. The summed E-state index contributed by atoms with van der Waals surface area (Å²) in [7, 11) is 0. The Kier molecular flexibility index (Phi) is 4.55. The predicted molar refractivity (Wildman–Crippen MR) is 70.9 cm³/mol. The van der Waals surface area contributed by atoms with Crippen molar-refractivity contribution < 1.29 is 9.90 Å². The fourth-order valence-electron chi connectivity index (χ4n) is 1.89. The Labute approximate surface area is 103 Å². The standard InChI is InChI=1S/C14H21NO2/c1-5-11(6-2)15-12-7-9(3)10(4)13(8-12)14(16)17/h7-8,11,15H,5-6H2,1-4H3,(H,16,17). The lowest BCUT2D eigenvalue weighted by Gasteiger charge is -2.18. The Balaban J connectivity index is 3.06. The first-order valence-electron chi connectivity index (χ1n) is 6.10. The monoisotopic (exact) mass is 235 g/mol. The van der Waals surface area contributed by atoms with Gasteiger partial charge in [0, 0.05) is 11.7 Å². The molecule has 94 valence electrons. The molecule has 0 spiro atoms. The molecule has 17 heavy (non-hydrogen) atoms. The Morgan fingerprint density at radius 2 is 1.88 bits per heavy atom. The quantitative estimate of drug-likeness (QED) is 0.819. The number of nitrogens with one attached hydrogen (secondary N) is 1. The zero-order valence-corrected chi connectivity index (χ0v) is 11.0. The van der Waals surface area contributed by atoms with Crippen molar-refractivity contribution in [3.8, 4) is 0 Å². The van der Waals surface area contributed by atoms with E-state index in [0.717, 1.165) is 29.7 Å². The number of aromatic carboxylic acids is 1. The number of anilines is 1. The lowest BCUT2D eigenvalue weighted by Crippen LogP contribution is -2.17. The van der Waals surface area contributed by atoms with Gasteiger partial charge in [-0.3, -0.25) is 0 Å². The summed E-state index contributed by atoms with van der Waals surface area (Å²) in [5.41, 5.74) is 3.14. The summed E-state index contributed by atoms with van der Waals surface area (Å²) in [5.74, 6) is -0.862. The molecule has 0 amide bonds. The van der Waals surface area contributed by atoms with Gasteiger partial charge in [-0.15, -0.1) is 0 Å². The number of aryl methyl sites for hydroxylation is 1. The van der Waals surface area contributed by atoms with Crippen molar-refractivity contribution >= 4 is 11.7 Å². The van der Waals surface area contributed by atoms with Crippen molar-refractivity contribution in [1.82, 2.24) is 0 Å². The first kappa shape index (κ1) is 13.6. The van der Waals surface area contributed by atoms with Gasteiger partial charge in [-0.25, -0.2) is 4.79 Å². The van der Waals surface area contributed by atoms with Gasteiger partial charge >= 0.3 is 5.97 Å². The summed E-state index contributed by atoms with van der Waals surface area (Å²) in [5, 5.41) is 12.5. The molecule has 0 aliphatic rings. The third-order valence-electron chi connectivity index (χ3n) is 3.25. The van der Waals surface area contributed by atoms with Crippen LogP contribution in [0.2, 0.25) is 0 Å². The minimum atomic E-state index is -0.862. The van der Waals surface area contributed by atoms with Crippen molar-refractivity contribution in [3.05, 3.63) is 28.8 Å². The van der Waals surface area contributed by atoms with E-state index in [9.17, 15) is 4.79 Å². The van der Waals surface area contributed by atoms with E-state index in [1.165, 1.54) is 0 Å². The van der Waals surface area contributed by atoms with Gasteiger partial charge in [-0.05, 0) is 49.9 Å². The minimum Gasteiger partial charge on any atom is -0.478 e. The van der Waals surface area contributed by atoms with Gasteiger partial charge in [0.1, 0.15) is 0 Å². The molecule has 0 saturated heterocycles. The molecule has 1 aromatic carbocycles. The number of benzene rings is 1. The topological polar surface area (TPSA) is 49.3 Å². The van der Waals surface area contributed by atoms with Crippen molar-refractivity contribution in [3.63, 3.8) is 0 Å². The van der Waals surface area contributed by atoms with E-state index in [-0.39, 0.29) is 0 Å². The van der Waals surface area contributed by atoms with Gasteiger partial charge in [0.2, 0.25) is 0 Å². The maximum absolute atomic E-state index is 11.1. The van der Waals surface area contributed by atoms with Crippen LogP contribution < -0.4 is 5.32 Å². The summed E-state index contributed by atoms with van der Waals surface area (Å²) < 4.78 is 0. The van der Waals surface area contributed by atoms with Gasteiger partial charge in [-0.2, -0.15) is 0 Å². The Hall–Kier alpha value is -1.51. The van der Waals surface area contributed by atoms with Crippen molar-refractivity contribution in [2.75, 3.05) is 5.32 Å². The van der Waals surface area contributed by atoms with E-state index in [4.69, 9.17) is 5.11 Å². The minimum absolute atomic E-state index is 0.387. The highest BCUT2D eigenvalue weighted by Crippen LogP contribution is 2.21. The van der Waals surface area contributed by atoms with Crippen molar-refractivity contribution in [2.24, 2.45) is 0 Å². The van der Waals surface area contributed by atoms with Gasteiger partial charge in [0.15, 0.2) is 0 Å². The van der Waals surface area contributed by atoms with Gasteiger partial charge < -0.3 is 10.4 Å². The Morgan fingerprint density at radius 3 is 2.35 bits per heavy atom. The fourth-order valence-corrected chi connectivity index (χ4v) is 1.89. The van der Waals surface area contributed by atoms with Crippen molar-refractivity contribution in [1.29, 1.82) is 0 Å². The third-order valence-corrected chi connectivity index (χ3v) is 3.25. The summed E-state index contributed by atoms with van der Waals surface area (Å²) in [6.07, 6.45) is 2.07. The third kappa shape index (κ3) is 3.22. The van der Waals surface area contributed by atoms with Gasteiger partial charge in [-0.1, -0.05) is 13.8 Å². The molecule has 0 aromatic heterocycles. The molecule has 3 nitrogen and oxygen atoms in total. The highest BCUT2D eigenvalue weighted by Gasteiger charge is 2.12. The summed E-state index contributed by atoms with van der Waals surface area (Å²) >= 11 is 0. The predicted octanol–water partition coefficient (Wildman–Crippen LogP) is 3.60. The average molecular weight is 235 g/mol. The molecule has 0 unspecified atom stereocenters. The molecule has 0 aliphatic carbocycles. The summed E-state index contributed by atoms with van der Waals surface area (Å²) in [4.78, 5) is 11.1. The smallest absolute Gasteiger partial charge is 0.336 e. The van der Waals surface area contributed by atoms with Crippen LogP contribution in [-0.2, 0) is 0 Å². The lowest BCUT2D eigenvalue weighted by molar-refractivity contribution is 0.0696. The van der Waals surface area contributed by atoms with E-state index < -0.39 is 5.97 Å². The zero-order chi connectivity index (χ0) is 13.0. The van der Waals surface area contributed by atoms with Crippen LogP contribution in [0.15, 0.2) is 12.1 Å². The summed E-state index contributed by atoms with van der Waals surface area (Å²) in [6.45, 7) is 8.04. The van der Waals surface area contributed by atoms with E-state index in [1.54, 1.807) is 6.07 Å². The zero-order valence-electron chi connectivity index (χ0n) is 11.0. The SMILES string of the molecule is CCC(CC)Nc1cc(C)c(C)c(C(=O)O)c1. The van der Waals surface area contributed by atoms with E-state index in [2.05, 4.69) is 19.2 Å². The molecule has 3 heteroatoms. The second-order valence-corrected chi connectivity index (χ2v) is 4.43. The van der Waals surface area contributed by atoms with Gasteiger partial charge in [0.05, 0.1) is 5.56 Å². The number of hydrogen-bond donors (Lipinski definition) is 2. The van der Waals surface area contributed by atoms with Crippen LogP contribution in [-0.4, -0.2) is 17.1 Å². The lowest BCUT2D eigenvalue weighted by atomic mass is 10.0. The molecule has 0 heterocycles. The van der Waals surface area contributed by atoms with Crippen LogP contribution >= 0.6 is 0 Å².